The maximum absolute atomic E-state index is 12.4. The molecule has 0 saturated carbocycles. The van der Waals surface area contributed by atoms with E-state index < -0.39 is 0 Å². The van der Waals surface area contributed by atoms with Crippen LogP contribution in [0.25, 0.3) is 0 Å². The smallest absolute Gasteiger partial charge is 0.289 e. The third kappa shape index (κ3) is 3.98. The van der Waals surface area contributed by atoms with Gasteiger partial charge in [0, 0.05) is 38.6 Å². The lowest BCUT2D eigenvalue weighted by molar-refractivity contribution is 0.0636. The summed E-state index contributed by atoms with van der Waals surface area (Å²) in [5.74, 6) is 2.74. The van der Waals surface area contributed by atoms with Gasteiger partial charge in [0.2, 0.25) is 5.89 Å². The Hall–Kier alpha value is -2.15. The van der Waals surface area contributed by atoms with Crippen LogP contribution in [0.1, 0.15) is 60.3 Å². The Morgan fingerprint density at radius 3 is 2.96 bits per heavy atom. The number of ether oxygens (including phenoxy) is 1. The quantitative estimate of drug-likeness (QED) is 0.816. The molecule has 0 aromatic carbocycles. The molecule has 4 rings (SSSR count). The van der Waals surface area contributed by atoms with Crippen molar-refractivity contribution in [3.63, 3.8) is 0 Å². The highest BCUT2D eigenvalue weighted by Crippen LogP contribution is 2.26. The van der Waals surface area contributed by atoms with Crippen LogP contribution in [0.4, 0.5) is 0 Å². The molecule has 2 aliphatic rings. The van der Waals surface area contributed by atoms with E-state index in [1.165, 1.54) is 0 Å². The molecule has 0 N–H and O–H groups in total. The van der Waals surface area contributed by atoms with Crippen molar-refractivity contribution >= 4 is 5.91 Å². The van der Waals surface area contributed by atoms with E-state index in [1.807, 2.05) is 4.90 Å². The van der Waals surface area contributed by atoms with Gasteiger partial charge in [0.05, 0.1) is 6.26 Å². The molecule has 2 saturated heterocycles. The molecule has 2 aromatic heterocycles. The van der Waals surface area contributed by atoms with Crippen LogP contribution in [-0.4, -0.2) is 47.3 Å². The number of hydrogen-bond acceptors (Lipinski definition) is 6. The van der Waals surface area contributed by atoms with Crippen LogP contribution in [0.3, 0.4) is 0 Å². The number of furan rings is 1. The van der Waals surface area contributed by atoms with Gasteiger partial charge in [-0.2, -0.15) is 4.98 Å². The average molecular weight is 359 g/mol. The van der Waals surface area contributed by atoms with E-state index in [0.29, 0.717) is 17.6 Å². The molecule has 7 nitrogen and oxygen atoms in total. The van der Waals surface area contributed by atoms with E-state index in [4.69, 9.17) is 13.7 Å². The first kappa shape index (κ1) is 17.3. The van der Waals surface area contributed by atoms with Crippen molar-refractivity contribution in [2.45, 2.75) is 44.4 Å². The minimum Gasteiger partial charge on any atom is -0.459 e. The van der Waals surface area contributed by atoms with Crippen molar-refractivity contribution in [2.75, 3.05) is 26.3 Å². The van der Waals surface area contributed by atoms with Crippen molar-refractivity contribution in [2.24, 2.45) is 5.92 Å². The largest absolute Gasteiger partial charge is 0.459 e. The van der Waals surface area contributed by atoms with Crippen LogP contribution in [-0.2, 0) is 11.2 Å². The fourth-order valence-corrected chi connectivity index (χ4v) is 3.85. The summed E-state index contributed by atoms with van der Waals surface area (Å²) in [5, 5.41) is 4.15. The highest BCUT2D eigenvalue weighted by atomic mass is 16.5. The average Bonchev–Trinajstić information content (AvgIpc) is 3.39. The molecular weight excluding hydrogens is 334 g/mol. The molecule has 2 fully saturated rings. The normalized spacial score (nSPS) is 21.8. The monoisotopic (exact) mass is 359 g/mol. The fourth-order valence-electron chi connectivity index (χ4n) is 3.85. The van der Waals surface area contributed by atoms with Crippen molar-refractivity contribution in [3.8, 4) is 0 Å². The highest BCUT2D eigenvalue weighted by molar-refractivity contribution is 5.91. The molecule has 1 amide bonds. The van der Waals surface area contributed by atoms with Gasteiger partial charge in [-0.05, 0) is 50.2 Å². The maximum Gasteiger partial charge on any atom is 0.289 e. The second-order valence-electron chi connectivity index (χ2n) is 7.21. The molecule has 0 spiro atoms. The summed E-state index contributed by atoms with van der Waals surface area (Å²) in [6.07, 6.45) is 7.36. The van der Waals surface area contributed by atoms with Crippen LogP contribution in [0.5, 0.6) is 0 Å². The molecule has 0 aliphatic carbocycles. The number of carbonyl (C=O) groups excluding carboxylic acids is 1. The van der Waals surface area contributed by atoms with Gasteiger partial charge in [0.1, 0.15) is 0 Å². The fraction of sp³-hybridized carbons (Fsp3) is 0.632. The molecule has 0 bridgehead atoms. The Morgan fingerprint density at radius 1 is 1.27 bits per heavy atom. The third-order valence-electron chi connectivity index (χ3n) is 5.37. The molecule has 26 heavy (non-hydrogen) atoms. The van der Waals surface area contributed by atoms with Crippen LogP contribution in [0.2, 0.25) is 0 Å². The van der Waals surface area contributed by atoms with Gasteiger partial charge in [0.15, 0.2) is 11.6 Å². The van der Waals surface area contributed by atoms with Crippen molar-refractivity contribution in [1.29, 1.82) is 0 Å². The van der Waals surface area contributed by atoms with E-state index >= 15 is 0 Å². The van der Waals surface area contributed by atoms with E-state index in [1.54, 1.807) is 18.4 Å². The van der Waals surface area contributed by atoms with Gasteiger partial charge in [-0.1, -0.05) is 5.16 Å². The summed E-state index contributed by atoms with van der Waals surface area (Å²) in [5.41, 5.74) is 0. The summed E-state index contributed by atoms with van der Waals surface area (Å²) >= 11 is 0. The molecule has 140 valence electrons. The number of carbonyl (C=O) groups is 1. The zero-order valence-corrected chi connectivity index (χ0v) is 14.9. The van der Waals surface area contributed by atoms with Gasteiger partial charge in [0.25, 0.3) is 5.91 Å². The number of aryl methyl sites for hydroxylation is 1. The standard InChI is InChI=1S/C19H25N3O4/c23-19(16-4-2-10-25-16)22-9-1-3-14(13-22)5-6-17-20-18(26-21-17)15-7-11-24-12-8-15/h2,4,10,14-15H,1,3,5-9,11-13H2. The van der Waals surface area contributed by atoms with E-state index in [0.717, 1.165) is 76.5 Å². The second-order valence-corrected chi connectivity index (χ2v) is 7.21. The Morgan fingerprint density at radius 2 is 2.15 bits per heavy atom. The number of hydrogen-bond donors (Lipinski definition) is 0. The molecule has 2 aromatic rings. The molecule has 1 unspecified atom stereocenters. The Balaban J connectivity index is 1.29. The summed E-state index contributed by atoms with van der Waals surface area (Å²) in [7, 11) is 0. The minimum atomic E-state index is -0.0129. The van der Waals surface area contributed by atoms with Gasteiger partial charge in [-0.15, -0.1) is 0 Å². The number of piperidine rings is 1. The molecule has 2 aliphatic heterocycles. The zero-order chi connectivity index (χ0) is 17.8. The lowest BCUT2D eigenvalue weighted by atomic mass is 9.93. The van der Waals surface area contributed by atoms with Crippen molar-refractivity contribution in [1.82, 2.24) is 15.0 Å². The van der Waals surface area contributed by atoms with Crippen molar-refractivity contribution in [3.05, 3.63) is 35.9 Å². The Kier molecular flexibility index (Phi) is 5.34. The first-order chi connectivity index (χ1) is 12.8. The SMILES string of the molecule is O=C(c1ccco1)N1CCCC(CCc2noc(C3CCOCC3)n2)C1. The van der Waals surface area contributed by atoms with Crippen molar-refractivity contribution < 1.29 is 18.5 Å². The molecular formula is C19H25N3O4. The topological polar surface area (TPSA) is 81.6 Å². The van der Waals surface area contributed by atoms with Crippen LogP contribution < -0.4 is 0 Å². The Labute approximate surface area is 152 Å². The van der Waals surface area contributed by atoms with Gasteiger partial charge >= 0.3 is 0 Å². The van der Waals surface area contributed by atoms with Crippen LogP contribution in [0, 0.1) is 5.92 Å². The Bertz CT molecular complexity index is 706. The summed E-state index contributed by atoms with van der Waals surface area (Å²) in [4.78, 5) is 18.9. The second kappa shape index (κ2) is 8.03. The maximum atomic E-state index is 12.4. The predicted molar refractivity (Wildman–Crippen MR) is 92.7 cm³/mol. The third-order valence-corrected chi connectivity index (χ3v) is 5.37. The number of rotatable bonds is 5. The first-order valence-electron chi connectivity index (χ1n) is 9.52. The first-order valence-corrected chi connectivity index (χ1v) is 9.52. The molecule has 0 radical (unpaired) electrons. The molecule has 1 atom stereocenters. The van der Waals surface area contributed by atoms with E-state index in [2.05, 4.69) is 10.1 Å². The van der Waals surface area contributed by atoms with E-state index in [-0.39, 0.29) is 5.91 Å². The number of amides is 1. The highest BCUT2D eigenvalue weighted by Gasteiger charge is 2.26. The van der Waals surface area contributed by atoms with Crippen LogP contribution >= 0.6 is 0 Å². The van der Waals surface area contributed by atoms with Gasteiger partial charge < -0.3 is 18.6 Å². The molecule has 4 heterocycles. The predicted octanol–water partition coefficient (Wildman–Crippen LogP) is 3.04. The minimum absolute atomic E-state index is 0.0129. The summed E-state index contributed by atoms with van der Waals surface area (Å²) in [6.45, 7) is 3.10. The van der Waals surface area contributed by atoms with Crippen LogP contribution in [0.15, 0.2) is 27.3 Å². The van der Waals surface area contributed by atoms with Gasteiger partial charge in [-0.25, -0.2) is 0 Å². The summed E-state index contributed by atoms with van der Waals surface area (Å²) in [6, 6.07) is 3.48. The number of likely N-dealkylation sites (tertiary alicyclic amines) is 1. The zero-order valence-electron chi connectivity index (χ0n) is 14.9. The summed E-state index contributed by atoms with van der Waals surface area (Å²) < 4.78 is 16.1. The number of nitrogens with zero attached hydrogens (tertiary/aromatic N) is 3. The lowest BCUT2D eigenvalue weighted by Crippen LogP contribution is -2.39. The molecule has 7 heteroatoms. The lowest BCUT2D eigenvalue weighted by Gasteiger charge is -2.32. The van der Waals surface area contributed by atoms with Gasteiger partial charge in [-0.3, -0.25) is 4.79 Å². The number of aromatic nitrogens is 2. The van der Waals surface area contributed by atoms with E-state index in [9.17, 15) is 4.79 Å².